The molecule has 0 bridgehead atoms. The maximum absolute atomic E-state index is 12.4. The molecule has 2 N–H and O–H groups in total. The van der Waals surface area contributed by atoms with E-state index in [1.807, 2.05) is 0 Å². The summed E-state index contributed by atoms with van der Waals surface area (Å²) in [7, 11) is -4.75. The largest absolute Gasteiger partial charge is 0.469 e. The van der Waals surface area contributed by atoms with Crippen LogP contribution in [-0.4, -0.2) is 41.0 Å². The number of carbonyl (C=O) groups is 2. The van der Waals surface area contributed by atoms with Crippen molar-refractivity contribution < 1.29 is 37.9 Å². The third-order valence-electron chi connectivity index (χ3n) is 10.5. The minimum Gasteiger partial charge on any atom is -0.462 e. The van der Waals surface area contributed by atoms with Crippen molar-refractivity contribution in [1.29, 1.82) is 0 Å². The number of ether oxygens (including phenoxy) is 2. The molecular formula is C46H89O8P. The van der Waals surface area contributed by atoms with Crippen molar-refractivity contribution in [1.82, 2.24) is 0 Å². The molecule has 0 amide bonds. The fourth-order valence-electron chi connectivity index (χ4n) is 7.02. The second-order valence-electron chi connectivity index (χ2n) is 16.1. The van der Waals surface area contributed by atoms with Crippen LogP contribution in [0.3, 0.4) is 0 Å². The maximum Gasteiger partial charge on any atom is 0.469 e. The van der Waals surface area contributed by atoms with E-state index in [4.69, 9.17) is 19.3 Å². The van der Waals surface area contributed by atoms with E-state index in [0.717, 1.165) is 44.9 Å². The normalized spacial score (nSPS) is 12.4. The van der Waals surface area contributed by atoms with Crippen LogP contribution in [0.15, 0.2) is 12.2 Å². The lowest BCUT2D eigenvalue weighted by Crippen LogP contribution is -2.29. The van der Waals surface area contributed by atoms with Crippen LogP contribution in [0, 0.1) is 0 Å². The van der Waals surface area contributed by atoms with Crippen LogP contribution in [0.4, 0.5) is 0 Å². The molecule has 0 aromatic heterocycles. The number of esters is 2. The summed E-state index contributed by atoms with van der Waals surface area (Å²) in [6, 6.07) is 0. The Hall–Kier alpha value is -1.21. The molecule has 326 valence electrons. The van der Waals surface area contributed by atoms with Crippen LogP contribution in [0.25, 0.3) is 0 Å². The molecule has 0 radical (unpaired) electrons. The van der Waals surface area contributed by atoms with Crippen molar-refractivity contribution in [3.63, 3.8) is 0 Å². The smallest absolute Gasteiger partial charge is 0.462 e. The molecular weight excluding hydrogens is 711 g/mol. The molecule has 0 heterocycles. The third-order valence-corrected chi connectivity index (χ3v) is 11.0. The number of carbonyl (C=O) groups excluding carboxylic acids is 2. The summed E-state index contributed by atoms with van der Waals surface area (Å²) in [5.74, 6) is -0.874. The van der Waals surface area contributed by atoms with Crippen LogP contribution < -0.4 is 0 Å². The van der Waals surface area contributed by atoms with Crippen molar-refractivity contribution in [3.05, 3.63) is 12.2 Å². The van der Waals surface area contributed by atoms with Gasteiger partial charge in [-0.05, 0) is 38.5 Å². The van der Waals surface area contributed by atoms with Crippen molar-refractivity contribution in [2.45, 2.75) is 258 Å². The van der Waals surface area contributed by atoms with Gasteiger partial charge in [0.15, 0.2) is 6.10 Å². The van der Waals surface area contributed by atoms with Gasteiger partial charge in [-0.25, -0.2) is 4.57 Å². The monoisotopic (exact) mass is 801 g/mol. The highest BCUT2D eigenvalue weighted by Crippen LogP contribution is 2.36. The van der Waals surface area contributed by atoms with E-state index in [0.29, 0.717) is 6.42 Å². The van der Waals surface area contributed by atoms with Gasteiger partial charge in [0, 0.05) is 12.8 Å². The molecule has 0 aliphatic heterocycles. The van der Waals surface area contributed by atoms with Gasteiger partial charge in [-0.3, -0.25) is 14.1 Å². The number of unbranched alkanes of at least 4 members (excludes halogenated alkanes) is 32. The number of hydrogen-bond donors (Lipinski definition) is 2. The van der Waals surface area contributed by atoms with Gasteiger partial charge in [-0.1, -0.05) is 212 Å². The van der Waals surface area contributed by atoms with Gasteiger partial charge in [0.2, 0.25) is 0 Å². The topological polar surface area (TPSA) is 119 Å². The first-order valence-electron chi connectivity index (χ1n) is 23.5. The molecule has 0 spiro atoms. The summed E-state index contributed by atoms with van der Waals surface area (Å²) < 4.78 is 26.5. The molecule has 8 nitrogen and oxygen atoms in total. The third kappa shape index (κ3) is 45.4. The Kier molecular flexibility index (Phi) is 41.5. The van der Waals surface area contributed by atoms with E-state index in [2.05, 4.69) is 30.5 Å². The highest BCUT2D eigenvalue weighted by molar-refractivity contribution is 7.46. The Balaban J connectivity index is 3.82. The fourth-order valence-corrected chi connectivity index (χ4v) is 7.38. The maximum atomic E-state index is 12.4. The molecule has 55 heavy (non-hydrogen) atoms. The van der Waals surface area contributed by atoms with E-state index in [1.54, 1.807) is 0 Å². The first-order valence-corrected chi connectivity index (χ1v) is 25.0. The van der Waals surface area contributed by atoms with Gasteiger partial charge in [-0.15, -0.1) is 0 Å². The van der Waals surface area contributed by atoms with Crippen molar-refractivity contribution in [3.8, 4) is 0 Å². The average Bonchev–Trinajstić information content (AvgIpc) is 3.16. The van der Waals surface area contributed by atoms with E-state index in [1.165, 1.54) is 173 Å². The Bertz CT molecular complexity index is 904. The van der Waals surface area contributed by atoms with Gasteiger partial charge in [0.05, 0.1) is 6.61 Å². The molecule has 0 rings (SSSR count). The second kappa shape index (κ2) is 42.4. The van der Waals surface area contributed by atoms with E-state index in [9.17, 15) is 14.2 Å². The van der Waals surface area contributed by atoms with Gasteiger partial charge in [0.25, 0.3) is 0 Å². The van der Waals surface area contributed by atoms with Gasteiger partial charge in [0.1, 0.15) is 6.61 Å². The second-order valence-corrected chi connectivity index (χ2v) is 17.3. The standard InChI is InChI=1S/C46H89O8P/c1-3-5-7-9-11-13-15-17-19-21-22-23-25-26-28-30-32-34-36-38-40-45(47)52-42-44(43-53-55(49,50)51)54-46(48)41-39-37-35-33-31-29-27-24-20-18-16-14-12-10-8-6-4-2/h18,20,44H,3-17,19,21-43H2,1-2H3,(H2,49,50,51)/b20-18+/t44-/m1/s1. The number of allylic oxidation sites excluding steroid dienone is 2. The van der Waals surface area contributed by atoms with Crippen molar-refractivity contribution in [2.75, 3.05) is 13.2 Å². The molecule has 0 aliphatic rings. The zero-order valence-electron chi connectivity index (χ0n) is 36.1. The summed E-state index contributed by atoms with van der Waals surface area (Å²) in [5.41, 5.74) is 0. The van der Waals surface area contributed by atoms with E-state index < -0.39 is 32.5 Å². The van der Waals surface area contributed by atoms with E-state index >= 15 is 0 Å². The van der Waals surface area contributed by atoms with Crippen molar-refractivity contribution >= 4 is 19.8 Å². The lowest BCUT2D eigenvalue weighted by Gasteiger charge is -2.18. The summed E-state index contributed by atoms with van der Waals surface area (Å²) in [6.45, 7) is 3.72. The lowest BCUT2D eigenvalue weighted by atomic mass is 10.0. The zero-order chi connectivity index (χ0) is 40.3. The van der Waals surface area contributed by atoms with Gasteiger partial charge in [-0.2, -0.15) is 0 Å². The quantitative estimate of drug-likeness (QED) is 0.0271. The number of hydrogen-bond acceptors (Lipinski definition) is 6. The van der Waals surface area contributed by atoms with E-state index in [-0.39, 0.29) is 19.4 Å². The minimum atomic E-state index is -4.75. The molecule has 1 atom stereocenters. The predicted octanol–water partition coefficient (Wildman–Crippen LogP) is 14.6. The SMILES string of the molecule is CCCCCCCC/C=C/CCCCCCCCCC(=O)O[C@H](COC(=O)CCCCCCCCCCCCCCCCCCCCCC)COP(=O)(O)O. The molecule has 0 aromatic rings. The molecule has 0 unspecified atom stereocenters. The molecule has 0 aromatic carbocycles. The fraction of sp³-hybridized carbons (Fsp3) is 0.913. The summed E-state index contributed by atoms with van der Waals surface area (Å²) in [5, 5.41) is 0. The summed E-state index contributed by atoms with van der Waals surface area (Å²) >= 11 is 0. The Labute approximate surface area is 339 Å². The number of phosphoric acid groups is 1. The molecule has 0 aliphatic carbocycles. The van der Waals surface area contributed by atoms with Crippen molar-refractivity contribution in [2.24, 2.45) is 0 Å². The van der Waals surface area contributed by atoms with Gasteiger partial charge < -0.3 is 19.3 Å². The minimum absolute atomic E-state index is 0.211. The Morgan fingerprint density at radius 1 is 0.455 bits per heavy atom. The lowest BCUT2D eigenvalue weighted by molar-refractivity contribution is -0.161. The summed E-state index contributed by atoms with van der Waals surface area (Å²) in [4.78, 5) is 43.0. The summed E-state index contributed by atoms with van der Waals surface area (Å²) in [6.07, 6.45) is 47.9. The predicted molar refractivity (Wildman–Crippen MR) is 230 cm³/mol. The van der Waals surface area contributed by atoms with Crippen LogP contribution >= 0.6 is 7.82 Å². The average molecular weight is 801 g/mol. The number of rotatable bonds is 44. The molecule has 9 heteroatoms. The van der Waals surface area contributed by atoms with Crippen LogP contribution in [0.2, 0.25) is 0 Å². The number of phosphoric ester groups is 1. The Morgan fingerprint density at radius 3 is 1.11 bits per heavy atom. The first kappa shape index (κ1) is 53.8. The molecule has 0 saturated heterocycles. The van der Waals surface area contributed by atoms with Crippen LogP contribution in [-0.2, 0) is 28.2 Å². The van der Waals surface area contributed by atoms with Crippen LogP contribution in [0.1, 0.15) is 251 Å². The molecule has 0 fully saturated rings. The van der Waals surface area contributed by atoms with Crippen LogP contribution in [0.5, 0.6) is 0 Å². The first-order chi connectivity index (χ1) is 26.8. The molecule has 0 saturated carbocycles. The van der Waals surface area contributed by atoms with Gasteiger partial charge >= 0.3 is 19.8 Å². The zero-order valence-corrected chi connectivity index (χ0v) is 37.0. The highest BCUT2D eigenvalue weighted by Gasteiger charge is 2.23. The highest BCUT2D eigenvalue weighted by atomic mass is 31.2. The Morgan fingerprint density at radius 2 is 0.764 bits per heavy atom.